The van der Waals surface area contributed by atoms with Gasteiger partial charge >= 0.3 is 0 Å². The van der Waals surface area contributed by atoms with Crippen molar-refractivity contribution in [2.24, 2.45) is 5.41 Å². The van der Waals surface area contributed by atoms with Gasteiger partial charge in [0.1, 0.15) is 0 Å². The van der Waals surface area contributed by atoms with E-state index in [4.69, 9.17) is 0 Å². The van der Waals surface area contributed by atoms with Crippen LogP contribution in [0.1, 0.15) is 27.2 Å². The van der Waals surface area contributed by atoms with Gasteiger partial charge in [-0.2, -0.15) is 0 Å². The van der Waals surface area contributed by atoms with Gasteiger partial charge in [0, 0.05) is 6.54 Å². The Morgan fingerprint density at radius 3 is 2.20 bits per heavy atom. The average molecular weight is 145 g/mol. The second kappa shape index (κ2) is 3.94. The highest BCUT2D eigenvalue weighted by Crippen LogP contribution is 2.20. The average Bonchev–Trinajstić information content (AvgIpc) is 1.59. The molecule has 0 aliphatic heterocycles. The molecule has 2 nitrogen and oxygen atoms in total. The van der Waals surface area contributed by atoms with Crippen LogP contribution in [-0.2, 0) is 0 Å². The summed E-state index contributed by atoms with van der Waals surface area (Å²) in [5.41, 5.74) is 0.232. The molecule has 0 rings (SSSR count). The van der Waals surface area contributed by atoms with Crippen molar-refractivity contribution in [1.29, 1.82) is 0 Å². The van der Waals surface area contributed by atoms with Crippen molar-refractivity contribution >= 4 is 0 Å². The lowest BCUT2D eigenvalue weighted by atomic mass is 9.89. The van der Waals surface area contributed by atoms with Crippen molar-refractivity contribution in [3.8, 4) is 0 Å². The Morgan fingerprint density at radius 1 is 1.40 bits per heavy atom. The predicted molar refractivity (Wildman–Crippen MR) is 44.0 cm³/mol. The first-order valence-electron chi connectivity index (χ1n) is 3.78. The zero-order chi connectivity index (χ0) is 8.20. The Labute approximate surface area is 63.6 Å². The number of aliphatic hydroxyl groups excluding tert-OH is 1. The number of aliphatic hydroxyl groups is 1. The van der Waals surface area contributed by atoms with Gasteiger partial charge in [-0.1, -0.05) is 20.8 Å². The Kier molecular flexibility index (Phi) is 3.91. The fraction of sp³-hybridized carbons (Fsp3) is 1.00. The SMILES string of the molecule is CNCC(O)CC(C)(C)C. The highest BCUT2D eigenvalue weighted by atomic mass is 16.3. The summed E-state index contributed by atoms with van der Waals surface area (Å²) >= 11 is 0. The van der Waals surface area contributed by atoms with Crippen LogP contribution in [0.3, 0.4) is 0 Å². The molecular formula is C8H19NO. The zero-order valence-electron chi connectivity index (χ0n) is 7.44. The summed E-state index contributed by atoms with van der Waals surface area (Å²) in [7, 11) is 1.85. The third-order valence-corrected chi connectivity index (χ3v) is 1.29. The summed E-state index contributed by atoms with van der Waals surface area (Å²) in [6.07, 6.45) is 0.651. The van der Waals surface area contributed by atoms with Gasteiger partial charge in [0.15, 0.2) is 0 Å². The lowest BCUT2D eigenvalue weighted by Crippen LogP contribution is -2.27. The van der Waals surface area contributed by atoms with Gasteiger partial charge in [-0.25, -0.2) is 0 Å². The molecule has 0 heterocycles. The standard InChI is InChI=1S/C8H19NO/c1-8(2,3)5-7(10)6-9-4/h7,9-10H,5-6H2,1-4H3. The van der Waals surface area contributed by atoms with E-state index in [-0.39, 0.29) is 11.5 Å². The highest BCUT2D eigenvalue weighted by molar-refractivity contribution is 4.68. The van der Waals surface area contributed by atoms with Crippen molar-refractivity contribution < 1.29 is 5.11 Å². The van der Waals surface area contributed by atoms with E-state index >= 15 is 0 Å². The number of hydrogen-bond acceptors (Lipinski definition) is 2. The lowest BCUT2D eigenvalue weighted by molar-refractivity contribution is 0.122. The molecule has 0 aromatic rings. The van der Waals surface area contributed by atoms with Gasteiger partial charge in [-0.15, -0.1) is 0 Å². The monoisotopic (exact) mass is 145 g/mol. The maximum absolute atomic E-state index is 9.32. The maximum Gasteiger partial charge on any atom is 0.0669 e. The van der Waals surface area contributed by atoms with Gasteiger partial charge < -0.3 is 10.4 Å². The molecule has 0 fully saturated rings. The number of nitrogens with one attached hydrogen (secondary N) is 1. The summed E-state index contributed by atoms with van der Waals surface area (Å²) in [6.45, 7) is 7.08. The fourth-order valence-corrected chi connectivity index (χ4v) is 1.01. The van der Waals surface area contributed by atoms with Gasteiger partial charge in [0.2, 0.25) is 0 Å². The van der Waals surface area contributed by atoms with Gasteiger partial charge in [0.05, 0.1) is 6.10 Å². The molecule has 0 bridgehead atoms. The summed E-state index contributed by atoms with van der Waals surface area (Å²) in [5.74, 6) is 0. The van der Waals surface area contributed by atoms with Crippen LogP contribution in [0.15, 0.2) is 0 Å². The van der Waals surface area contributed by atoms with Gasteiger partial charge in [-0.3, -0.25) is 0 Å². The third kappa shape index (κ3) is 6.05. The lowest BCUT2D eigenvalue weighted by Gasteiger charge is -2.21. The minimum atomic E-state index is -0.204. The van der Waals surface area contributed by atoms with E-state index in [0.29, 0.717) is 6.54 Å². The molecule has 0 aliphatic carbocycles. The molecule has 0 aromatic carbocycles. The molecule has 0 amide bonds. The molecule has 0 saturated carbocycles. The topological polar surface area (TPSA) is 32.3 Å². The van der Waals surface area contributed by atoms with Gasteiger partial charge in [0.25, 0.3) is 0 Å². The second-order valence-corrected chi connectivity index (χ2v) is 3.98. The van der Waals surface area contributed by atoms with E-state index in [9.17, 15) is 5.11 Å². The molecule has 1 unspecified atom stereocenters. The van der Waals surface area contributed by atoms with Crippen LogP contribution in [0.4, 0.5) is 0 Å². The van der Waals surface area contributed by atoms with Crippen LogP contribution >= 0.6 is 0 Å². The van der Waals surface area contributed by atoms with E-state index in [0.717, 1.165) is 6.42 Å². The summed E-state index contributed by atoms with van der Waals surface area (Å²) in [4.78, 5) is 0. The van der Waals surface area contributed by atoms with E-state index in [1.165, 1.54) is 0 Å². The summed E-state index contributed by atoms with van der Waals surface area (Å²) < 4.78 is 0. The Bertz CT molecular complexity index is 85.7. The molecular weight excluding hydrogens is 126 g/mol. The molecule has 0 saturated heterocycles. The minimum Gasteiger partial charge on any atom is -0.392 e. The van der Waals surface area contributed by atoms with E-state index in [1.807, 2.05) is 7.05 Å². The molecule has 0 aliphatic rings. The molecule has 2 heteroatoms. The van der Waals surface area contributed by atoms with Crippen LogP contribution in [0.25, 0.3) is 0 Å². The van der Waals surface area contributed by atoms with E-state index in [1.54, 1.807) is 0 Å². The quantitative estimate of drug-likeness (QED) is 0.621. The molecule has 0 aromatic heterocycles. The van der Waals surface area contributed by atoms with Crippen LogP contribution in [0, 0.1) is 5.41 Å². The molecule has 0 radical (unpaired) electrons. The summed E-state index contributed by atoms with van der Waals surface area (Å²) in [6, 6.07) is 0. The first-order chi connectivity index (χ1) is 4.45. The minimum absolute atomic E-state index is 0.204. The van der Waals surface area contributed by atoms with Crippen molar-refractivity contribution in [2.45, 2.75) is 33.3 Å². The number of likely N-dealkylation sites (N-methyl/N-ethyl adjacent to an activating group) is 1. The third-order valence-electron chi connectivity index (χ3n) is 1.29. The second-order valence-electron chi connectivity index (χ2n) is 3.98. The molecule has 1 atom stereocenters. The van der Waals surface area contributed by atoms with Gasteiger partial charge in [-0.05, 0) is 18.9 Å². The normalized spacial score (nSPS) is 15.3. The van der Waals surface area contributed by atoms with Crippen LogP contribution in [-0.4, -0.2) is 24.8 Å². The van der Waals surface area contributed by atoms with E-state index < -0.39 is 0 Å². The van der Waals surface area contributed by atoms with Crippen LogP contribution in [0.2, 0.25) is 0 Å². The predicted octanol–water partition coefficient (Wildman–Crippen LogP) is 1.00. The maximum atomic E-state index is 9.32. The van der Waals surface area contributed by atoms with Crippen molar-refractivity contribution in [3.63, 3.8) is 0 Å². The van der Waals surface area contributed by atoms with Crippen molar-refractivity contribution in [2.75, 3.05) is 13.6 Å². The molecule has 10 heavy (non-hydrogen) atoms. The number of hydrogen-bond donors (Lipinski definition) is 2. The van der Waals surface area contributed by atoms with Crippen LogP contribution in [0.5, 0.6) is 0 Å². The molecule has 62 valence electrons. The highest BCUT2D eigenvalue weighted by Gasteiger charge is 2.15. The smallest absolute Gasteiger partial charge is 0.0669 e. The summed E-state index contributed by atoms with van der Waals surface area (Å²) in [5, 5.41) is 12.3. The molecule has 2 N–H and O–H groups in total. The Balaban J connectivity index is 3.47. The Hall–Kier alpha value is -0.0800. The van der Waals surface area contributed by atoms with Crippen molar-refractivity contribution in [1.82, 2.24) is 5.32 Å². The molecule has 0 spiro atoms. The first kappa shape index (κ1) is 9.92. The number of rotatable bonds is 3. The van der Waals surface area contributed by atoms with E-state index in [2.05, 4.69) is 26.1 Å². The zero-order valence-corrected chi connectivity index (χ0v) is 7.44. The Morgan fingerprint density at radius 2 is 1.90 bits per heavy atom. The largest absolute Gasteiger partial charge is 0.392 e. The van der Waals surface area contributed by atoms with Crippen LogP contribution < -0.4 is 5.32 Å². The first-order valence-corrected chi connectivity index (χ1v) is 3.78. The fourth-order valence-electron chi connectivity index (χ4n) is 1.01. The van der Waals surface area contributed by atoms with Crippen molar-refractivity contribution in [3.05, 3.63) is 0 Å².